The molecule has 0 amide bonds. The number of nitro groups is 1. The molecule has 0 aliphatic rings. The van der Waals surface area contributed by atoms with Crippen molar-refractivity contribution in [2.24, 2.45) is 5.84 Å². The monoisotopic (exact) mass is 357 g/mol. The van der Waals surface area contributed by atoms with Gasteiger partial charge in [0.1, 0.15) is 17.3 Å². The van der Waals surface area contributed by atoms with E-state index < -0.39 is 16.4 Å². The van der Waals surface area contributed by atoms with E-state index in [-0.39, 0.29) is 23.3 Å². The number of halogens is 2. The van der Waals surface area contributed by atoms with Gasteiger partial charge in [0.25, 0.3) is 0 Å². The Bertz CT molecular complexity index is 712. The van der Waals surface area contributed by atoms with E-state index in [9.17, 15) is 14.5 Å². The number of nitrogens with one attached hydrogen (secondary N) is 1. The predicted octanol–water partition coefficient (Wildman–Crippen LogP) is 2.67. The molecule has 0 unspecified atom stereocenters. The standard InChI is InChI=1S/C11H9BrFN5O3/c1-5-9(18(19)20)10(16-11(15-5)17-14)21-8-4-6(13)2-3-7(8)12/h2-4H,14H2,1H3,(H,15,16,17). The molecule has 0 bridgehead atoms. The second-order valence-corrected chi connectivity index (χ2v) is 4.72. The topological polar surface area (TPSA) is 116 Å². The maximum absolute atomic E-state index is 13.2. The summed E-state index contributed by atoms with van der Waals surface area (Å²) in [4.78, 5) is 18.0. The Morgan fingerprint density at radius 1 is 1.48 bits per heavy atom. The molecule has 0 fully saturated rings. The lowest BCUT2D eigenvalue weighted by atomic mass is 10.3. The quantitative estimate of drug-likeness (QED) is 0.490. The predicted molar refractivity (Wildman–Crippen MR) is 75.4 cm³/mol. The van der Waals surface area contributed by atoms with Gasteiger partial charge in [-0.15, -0.1) is 0 Å². The molecule has 0 aliphatic carbocycles. The molecule has 0 radical (unpaired) electrons. The molecule has 1 heterocycles. The molecule has 0 atom stereocenters. The van der Waals surface area contributed by atoms with Crippen molar-refractivity contribution in [2.45, 2.75) is 6.92 Å². The summed E-state index contributed by atoms with van der Waals surface area (Å²) < 4.78 is 19.0. The largest absolute Gasteiger partial charge is 0.432 e. The summed E-state index contributed by atoms with van der Waals surface area (Å²) in [5.41, 5.74) is 1.81. The minimum atomic E-state index is -0.682. The minimum Gasteiger partial charge on any atom is -0.432 e. The first kappa shape index (κ1) is 15.1. The van der Waals surface area contributed by atoms with Gasteiger partial charge in [-0.1, -0.05) is 0 Å². The van der Waals surface area contributed by atoms with Crippen LogP contribution in [0, 0.1) is 22.9 Å². The van der Waals surface area contributed by atoms with Gasteiger partial charge in [-0.3, -0.25) is 15.5 Å². The van der Waals surface area contributed by atoms with Gasteiger partial charge in [-0.05, 0) is 35.0 Å². The maximum atomic E-state index is 13.2. The highest BCUT2D eigenvalue weighted by molar-refractivity contribution is 9.10. The first-order valence-electron chi connectivity index (χ1n) is 5.55. The number of hydrogen-bond donors (Lipinski definition) is 2. The number of nitrogens with two attached hydrogens (primary N) is 1. The van der Waals surface area contributed by atoms with Crippen LogP contribution in [0.15, 0.2) is 22.7 Å². The van der Waals surface area contributed by atoms with E-state index in [0.29, 0.717) is 4.47 Å². The Hall–Kier alpha value is -2.33. The molecule has 21 heavy (non-hydrogen) atoms. The maximum Gasteiger partial charge on any atom is 0.352 e. The number of aryl methyl sites for hydroxylation is 1. The Balaban J connectivity index is 2.54. The van der Waals surface area contributed by atoms with Gasteiger partial charge in [0, 0.05) is 6.07 Å². The van der Waals surface area contributed by atoms with Crippen LogP contribution in [-0.4, -0.2) is 14.9 Å². The third kappa shape index (κ3) is 3.23. The van der Waals surface area contributed by atoms with Gasteiger partial charge in [0.15, 0.2) is 0 Å². The van der Waals surface area contributed by atoms with Gasteiger partial charge in [0.05, 0.1) is 9.40 Å². The van der Waals surface area contributed by atoms with Crippen LogP contribution >= 0.6 is 15.9 Å². The molecule has 0 saturated heterocycles. The highest BCUT2D eigenvalue weighted by Crippen LogP contribution is 2.35. The number of anilines is 1. The van der Waals surface area contributed by atoms with Crippen molar-refractivity contribution in [3.8, 4) is 11.6 Å². The van der Waals surface area contributed by atoms with Crippen LogP contribution in [0.2, 0.25) is 0 Å². The fourth-order valence-electron chi connectivity index (χ4n) is 1.55. The number of hydrogen-bond acceptors (Lipinski definition) is 7. The van der Waals surface area contributed by atoms with E-state index in [1.165, 1.54) is 19.1 Å². The van der Waals surface area contributed by atoms with Crippen LogP contribution in [0.5, 0.6) is 11.6 Å². The number of benzene rings is 1. The lowest BCUT2D eigenvalue weighted by Gasteiger charge is -2.09. The Morgan fingerprint density at radius 2 is 2.19 bits per heavy atom. The summed E-state index contributed by atoms with van der Waals surface area (Å²) in [5, 5.41) is 11.1. The van der Waals surface area contributed by atoms with Crippen molar-refractivity contribution < 1.29 is 14.1 Å². The molecular weight excluding hydrogens is 349 g/mol. The summed E-state index contributed by atoms with van der Waals surface area (Å²) >= 11 is 3.16. The molecule has 0 saturated carbocycles. The summed E-state index contributed by atoms with van der Waals surface area (Å²) in [7, 11) is 0. The van der Waals surface area contributed by atoms with Gasteiger partial charge in [0.2, 0.25) is 5.95 Å². The number of rotatable bonds is 4. The fraction of sp³-hybridized carbons (Fsp3) is 0.0909. The minimum absolute atomic E-state index is 0.0409. The van der Waals surface area contributed by atoms with Crippen molar-refractivity contribution in [1.29, 1.82) is 0 Å². The fourth-order valence-corrected chi connectivity index (χ4v) is 1.87. The summed E-state index contributed by atoms with van der Waals surface area (Å²) in [5.74, 6) is 4.28. The van der Waals surface area contributed by atoms with Crippen molar-refractivity contribution in [3.63, 3.8) is 0 Å². The lowest BCUT2D eigenvalue weighted by Crippen LogP contribution is -2.12. The summed E-state index contributed by atoms with van der Waals surface area (Å²) in [6.45, 7) is 1.41. The molecular formula is C11H9BrFN5O3. The molecule has 10 heteroatoms. The average molecular weight is 358 g/mol. The van der Waals surface area contributed by atoms with Crippen LogP contribution in [0.1, 0.15) is 5.69 Å². The molecule has 2 rings (SSSR count). The normalized spacial score (nSPS) is 10.3. The van der Waals surface area contributed by atoms with Crippen LogP contribution in [0.4, 0.5) is 16.0 Å². The van der Waals surface area contributed by atoms with Crippen molar-refractivity contribution in [1.82, 2.24) is 9.97 Å². The molecule has 0 aliphatic heterocycles. The number of hydrazine groups is 1. The van der Waals surface area contributed by atoms with Gasteiger partial charge < -0.3 is 4.74 Å². The second kappa shape index (κ2) is 5.97. The van der Waals surface area contributed by atoms with E-state index in [0.717, 1.165) is 6.07 Å². The molecule has 1 aromatic heterocycles. The Morgan fingerprint density at radius 3 is 2.81 bits per heavy atom. The van der Waals surface area contributed by atoms with Crippen LogP contribution in [0.25, 0.3) is 0 Å². The third-order valence-corrected chi connectivity index (χ3v) is 3.09. The van der Waals surface area contributed by atoms with E-state index in [1.54, 1.807) is 0 Å². The zero-order valence-corrected chi connectivity index (χ0v) is 12.2. The third-order valence-electron chi connectivity index (χ3n) is 2.44. The molecule has 8 nitrogen and oxygen atoms in total. The molecule has 3 N–H and O–H groups in total. The molecule has 1 aromatic carbocycles. The first-order chi connectivity index (χ1) is 9.92. The molecule has 110 valence electrons. The molecule has 0 spiro atoms. The van der Waals surface area contributed by atoms with Crippen molar-refractivity contribution in [3.05, 3.63) is 44.3 Å². The lowest BCUT2D eigenvalue weighted by molar-refractivity contribution is -0.386. The van der Waals surface area contributed by atoms with Crippen molar-refractivity contribution in [2.75, 3.05) is 5.43 Å². The highest BCUT2D eigenvalue weighted by atomic mass is 79.9. The van der Waals surface area contributed by atoms with E-state index >= 15 is 0 Å². The van der Waals surface area contributed by atoms with E-state index in [4.69, 9.17) is 10.6 Å². The Labute approximate surface area is 126 Å². The first-order valence-corrected chi connectivity index (χ1v) is 6.34. The van der Waals surface area contributed by atoms with Gasteiger partial charge in [-0.2, -0.15) is 4.98 Å². The van der Waals surface area contributed by atoms with E-state index in [1.807, 2.05) is 0 Å². The average Bonchev–Trinajstić information content (AvgIpc) is 2.41. The van der Waals surface area contributed by atoms with Crippen LogP contribution in [-0.2, 0) is 0 Å². The van der Waals surface area contributed by atoms with Gasteiger partial charge in [-0.25, -0.2) is 15.2 Å². The number of nitrogens with zero attached hydrogens (tertiary/aromatic N) is 3. The zero-order chi connectivity index (χ0) is 15.6. The summed E-state index contributed by atoms with van der Waals surface area (Å²) in [6, 6.07) is 3.69. The van der Waals surface area contributed by atoms with E-state index in [2.05, 4.69) is 31.3 Å². The number of aromatic nitrogens is 2. The van der Waals surface area contributed by atoms with Crippen LogP contribution in [0.3, 0.4) is 0 Å². The second-order valence-electron chi connectivity index (χ2n) is 3.86. The van der Waals surface area contributed by atoms with Gasteiger partial charge >= 0.3 is 11.6 Å². The smallest absolute Gasteiger partial charge is 0.352 e. The SMILES string of the molecule is Cc1nc(NN)nc(Oc2cc(F)ccc2Br)c1[N+](=O)[O-]. The number of nitrogen functional groups attached to an aromatic ring is 1. The summed E-state index contributed by atoms with van der Waals surface area (Å²) in [6.07, 6.45) is 0. The zero-order valence-electron chi connectivity index (χ0n) is 10.6. The Kier molecular flexibility index (Phi) is 4.29. The molecule has 2 aromatic rings. The van der Waals surface area contributed by atoms with Crippen molar-refractivity contribution >= 4 is 27.6 Å². The van der Waals surface area contributed by atoms with Crippen LogP contribution < -0.4 is 16.0 Å². The highest BCUT2D eigenvalue weighted by Gasteiger charge is 2.24. The number of ether oxygens (including phenoxy) is 1.